The SMILES string of the molecule is CC(C)(C)c1ccc(N2c3cccc4c3B(c3cc(C(C)(C)C)ccc3C4(C)C)c3ccc4sc5ccccc5c4c32)cc1. The highest BCUT2D eigenvalue weighted by molar-refractivity contribution is 7.26. The molecule has 2 aliphatic heterocycles. The van der Waals surface area contributed by atoms with E-state index in [9.17, 15) is 0 Å². The molecule has 44 heavy (non-hydrogen) atoms. The first-order valence-corrected chi connectivity index (χ1v) is 16.8. The number of hydrogen-bond donors (Lipinski definition) is 0. The summed E-state index contributed by atoms with van der Waals surface area (Å²) in [5, 5.41) is 2.72. The Morgan fingerprint density at radius 3 is 2.07 bits per heavy atom. The first kappa shape index (κ1) is 27.7. The molecule has 6 aromatic rings. The third-order valence-electron chi connectivity index (χ3n) is 10.3. The standard InChI is InChI=1S/C41H40BNS/c1-39(2,3)25-16-19-27(20-17-25)43-33-14-11-13-30-37(33)42(32-24-26(40(4,5)6)18-21-29(32)41(30,7)8)31-22-23-35-36(38(31)43)28-12-9-10-15-34(28)44-35/h9-24H,1-8H3. The van der Waals surface area contributed by atoms with Crippen molar-refractivity contribution in [2.45, 2.75) is 71.6 Å². The molecule has 8 rings (SSSR count). The van der Waals surface area contributed by atoms with E-state index in [1.165, 1.54) is 75.9 Å². The number of benzene rings is 5. The van der Waals surface area contributed by atoms with Crippen molar-refractivity contribution in [3.8, 4) is 0 Å². The van der Waals surface area contributed by atoms with Crippen LogP contribution < -0.4 is 21.3 Å². The van der Waals surface area contributed by atoms with Crippen LogP contribution in [0.15, 0.2) is 97.1 Å². The van der Waals surface area contributed by atoms with E-state index in [1.54, 1.807) is 0 Å². The predicted molar refractivity (Wildman–Crippen MR) is 195 cm³/mol. The third-order valence-corrected chi connectivity index (χ3v) is 11.4. The summed E-state index contributed by atoms with van der Waals surface area (Å²) in [6.07, 6.45) is 0. The highest BCUT2D eigenvalue weighted by Gasteiger charge is 2.46. The van der Waals surface area contributed by atoms with Gasteiger partial charge in [0.05, 0.1) is 5.69 Å². The number of thiophene rings is 1. The highest BCUT2D eigenvalue weighted by Crippen LogP contribution is 2.48. The number of nitrogens with zero attached hydrogens (tertiary/aromatic N) is 1. The van der Waals surface area contributed by atoms with Crippen LogP contribution in [0.3, 0.4) is 0 Å². The average molecular weight is 590 g/mol. The second kappa shape index (κ2) is 9.11. The first-order chi connectivity index (χ1) is 20.9. The molecule has 0 radical (unpaired) electrons. The van der Waals surface area contributed by atoms with Gasteiger partial charge in [-0.1, -0.05) is 128 Å². The molecule has 0 fully saturated rings. The van der Waals surface area contributed by atoms with Crippen molar-refractivity contribution in [3.63, 3.8) is 0 Å². The molecule has 0 unspecified atom stereocenters. The average Bonchev–Trinajstić information content (AvgIpc) is 3.37. The summed E-state index contributed by atoms with van der Waals surface area (Å²) in [6.45, 7) is 18.9. The minimum atomic E-state index is -0.105. The van der Waals surface area contributed by atoms with E-state index in [0.29, 0.717) is 0 Å². The van der Waals surface area contributed by atoms with Crippen LogP contribution in [-0.2, 0) is 16.2 Å². The van der Waals surface area contributed by atoms with Gasteiger partial charge in [-0.15, -0.1) is 11.3 Å². The van der Waals surface area contributed by atoms with Crippen molar-refractivity contribution >= 4 is 71.7 Å². The van der Waals surface area contributed by atoms with Crippen LogP contribution >= 0.6 is 11.3 Å². The smallest absolute Gasteiger partial charge is 0.247 e. The van der Waals surface area contributed by atoms with Crippen LogP contribution in [0.2, 0.25) is 0 Å². The van der Waals surface area contributed by atoms with Gasteiger partial charge in [-0.05, 0) is 74.3 Å². The second-order valence-corrected chi connectivity index (χ2v) is 16.5. The van der Waals surface area contributed by atoms with Gasteiger partial charge in [0.1, 0.15) is 0 Å². The van der Waals surface area contributed by atoms with Gasteiger partial charge in [0.15, 0.2) is 0 Å². The zero-order valence-electron chi connectivity index (χ0n) is 27.2. The Hall–Kier alpha value is -3.82. The first-order valence-electron chi connectivity index (χ1n) is 16.0. The van der Waals surface area contributed by atoms with Crippen molar-refractivity contribution in [2.75, 3.05) is 4.90 Å². The van der Waals surface area contributed by atoms with Gasteiger partial charge in [0, 0.05) is 37.0 Å². The van der Waals surface area contributed by atoms with E-state index in [0.717, 1.165) is 0 Å². The molecule has 0 N–H and O–H groups in total. The Labute approximate surface area is 266 Å². The summed E-state index contributed by atoms with van der Waals surface area (Å²) < 4.78 is 2.69. The number of rotatable bonds is 1. The molecule has 0 saturated heterocycles. The van der Waals surface area contributed by atoms with Gasteiger partial charge in [-0.3, -0.25) is 0 Å². The summed E-state index contributed by atoms with van der Waals surface area (Å²) >= 11 is 1.91. The molecule has 5 aromatic carbocycles. The van der Waals surface area contributed by atoms with Gasteiger partial charge in [0.25, 0.3) is 0 Å². The van der Waals surface area contributed by atoms with Crippen LogP contribution in [0, 0.1) is 0 Å². The molecule has 0 bridgehead atoms. The van der Waals surface area contributed by atoms with E-state index in [1.807, 2.05) is 11.3 Å². The molecule has 0 amide bonds. The van der Waals surface area contributed by atoms with E-state index >= 15 is 0 Å². The molecular formula is C41H40BNS. The van der Waals surface area contributed by atoms with Crippen molar-refractivity contribution in [1.29, 1.82) is 0 Å². The van der Waals surface area contributed by atoms with Gasteiger partial charge >= 0.3 is 0 Å². The van der Waals surface area contributed by atoms with Crippen LogP contribution in [0.5, 0.6) is 0 Å². The monoisotopic (exact) mass is 589 g/mol. The molecule has 0 saturated carbocycles. The van der Waals surface area contributed by atoms with Crippen LogP contribution in [0.4, 0.5) is 17.1 Å². The quantitative estimate of drug-likeness (QED) is 0.172. The van der Waals surface area contributed by atoms with E-state index in [2.05, 4.69) is 157 Å². The van der Waals surface area contributed by atoms with Gasteiger partial charge in [0.2, 0.25) is 6.71 Å². The largest absolute Gasteiger partial charge is 0.311 e. The molecule has 2 aliphatic rings. The van der Waals surface area contributed by atoms with Gasteiger partial charge in [-0.25, -0.2) is 0 Å². The van der Waals surface area contributed by atoms with E-state index in [-0.39, 0.29) is 23.0 Å². The molecule has 1 nitrogen and oxygen atoms in total. The van der Waals surface area contributed by atoms with Crippen molar-refractivity contribution in [2.24, 2.45) is 0 Å². The maximum atomic E-state index is 2.59. The Morgan fingerprint density at radius 1 is 0.636 bits per heavy atom. The summed E-state index contributed by atoms with van der Waals surface area (Å²) in [7, 11) is 0. The Bertz CT molecular complexity index is 2120. The Balaban J connectivity index is 1.51. The lowest BCUT2D eigenvalue weighted by Gasteiger charge is -2.46. The van der Waals surface area contributed by atoms with Gasteiger partial charge < -0.3 is 4.90 Å². The van der Waals surface area contributed by atoms with Crippen LogP contribution in [-0.4, -0.2) is 6.71 Å². The molecule has 3 heteroatoms. The highest BCUT2D eigenvalue weighted by atomic mass is 32.1. The normalized spacial score (nSPS) is 15.4. The summed E-state index contributed by atoms with van der Waals surface area (Å²) in [5.41, 5.74) is 13.9. The molecule has 0 atom stereocenters. The molecule has 218 valence electrons. The maximum absolute atomic E-state index is 2.59. The summed E-state index contributed by atoms with van der Waals surface area (Å²) in [5.74, 6) is 0. The van der Waals surface area contributed by atoms with Crippen LogP contribution in [0.1, 0.15) is 77.6 Å². The minimum Gasteiger partial charge on any atom is -0.311 e. The molecule has 1 aromatic heterocycles. The zero-order valence-corrected chi connectivity index (χ0v) is 28.0. The Morgan fingerprint density at radius 2 is 1.34 bits per heavy atom. The lowest BCUT2D eigenvalue weighted by atomic mass is 9.30. The zero-order chi connectivity index (χ0) is 30.8. The fraction of sp³-hybridized carbons (Fsp3) is 0.268. The summed E-state index contributed by atoms with van der Waals surface area (Å²) in [6, 6.07) is 37.5. The Kier molecular flexibility index (Phi) is 5.74. The topological polar surface area (TPSA) is 3.24 Å². The number of fused-ring (bicyclic) bond motifs is 8. The van der Waals surface area contributed by atoms with Crippen LogP contribution in [0.25, 0.3) is 20.2 Å². The third kappa shape index (κ3) is 3.84. The van der Waals surface area contributed by atoms with E-state index in [4.69, 9.17) is 0 Å². The predicted octanol–water partition coefficient (Wildman–Crippen LogP) is 9.59. The fourth-order valence-corrected chi connectivity index (χ4v) is 8.95. The van der Waals surface area contributed by atoms with Crippen molar-refractivity contribution in [1.82, 2.24) is 0 Å². The number of hydrogen-bond acceptors (Lipinski definition) is 2. The second-order valence-electron chi connectivity index (χ2n) is 15.5. The van der Waals surface area contributed by atoms with Crippen molar-refractivity contribution < 1.29 is 0 Å². The molecular weight excluding hydrogens is 549 g/mol. The minimum absolute atomic E-state index is 0.0742. The number of anilines is 3. The lowest BCUT2D eigenvalue weighted by molar-refractivity contribution is 0.588. The van der Waals surface area contributed by atoms with Gasteiger partial charge in [-0.2, -0.15) is 0 Å². The molecule has 3 heterocycles. The van der Waals surface area contributed by atoms with Crippen molar-refractivity contribution in [3.05, 3.63) is 119 Å². The fourth-order valence-electron chi connectivity index (χ4n) is 7.84. The molecule has 0 aliphatic carbocycles. The van der Waals surface area contributed by atoms with E-state index < -0.39 is 0 Å². The molecule has 0 spiro atoms. The maximum Gasteiger partial charge on any atom is 0.247 e. The lowest BCUT2D eigenvalue weighted by Crippen LogP contribution is -2.64. The summed E-state index contributed by atoms with van der Waals surface area (Å²) in [4.78, 5) is 2.59.